The molecule has 2 nitrogen and oxygen atoms in total. The van der Waals surface area contributed by atoms with Crippen molar-refractivity contribution in [3.05, 3.63) is 0 Å². The van der Waals surface area contributed by atoms with E-state index in [-0.39, 0.29) is 24.8 Å². The van der Waals surface area contributed by atoms with Crippen molar-refractivity contribution >= 4 is 24.8 Å². The molecule has 4 N–H and O–H groups in total. The van der Waals surface area contributed by atoms with Crippen LogP contribution in [0.1, 0.15) is 5.48 Å². The summed E-state index contributed by atoms with van der Waals surface area (Å²) in [6.45, 7) is -6.91. The summed E-state index contributed by atoms with van der Waals surface area (Å²) in [5, 5.41) is 0. The van der Waals surface area contributed by atoms with E-state index in [9.17, 15) is 8.78 Å². The van der Waals surface area contributed by atoms with Crippen molar-refractivity contribution in [1.29, 1.82) is 0 Å². The summed E-state index contributed by atoms with van der Waals surface area (Å²) in [6, 6.07) is 0. The molecule has 0 unspecified atom stereocenters. The molecule has 0 aliphatic rings. The van der Waals surface area contributed by atoms with Crippen molar-refractivity contribution < 1.29 is 14.3 Å². The van der Waals surface area contributed by atoms with Crippen LogP contribution in [0.15, 0.2) is 0 Å². The van der Waals surface area contributed by atoms with Crippen molar-refractivity contribution in [3.63, 3.8) is 0 Å². The molecule has 0 aromatic rings. The van der Waals surface area contributed by atoms with Crippen molar-refractivity contribution in [2.75, 3.05) is 13.0 Å². The van der Waals surface area contributed by atoms with E-state index in [4.69, 9.17) is 5.48 Å². The molecule has 0 heterocycles. The summed E-state index contributed by atoms with van der Waals surface area (Å²) in [5.74, 6) is -4.40. The molecule has 0 saturated heterocycles. The van der Waals surface area contributed by atoms with Crippen molar-refractivity contribution in [2.24, 2.45) is 11.5 Å². The van der Waals surface area contributed by atoms with E-state index in [1.807, 2.05) is 0 Å². The van der Waals surface area contributed by atoms with Crippen LogP contribution in [-0.4, -0.2) is 18.9 Å². The fourth-order valence-electron chi connectivity index (χ4n) is 0.0417. The monoisotopic (exact) mass is 186 g/mol. The van der Waals surface area contributed by atoms with Crippen LogP contribution in [0.4, 0.5) is 8.78 Å². The third-order valence-corrected chi connectivity index (χ3v) is 0.363. The van der Waals surface area contributed by atoms with Crippen LogP contribution in [0.25, 0.3) is 0 Å². The van der Waals surface area contributed by atoms with Gasteiger partial charge in [-0.2, -0.15) is 0 Å². The lowest BCUT2D eigenvalue weighted by molar-refractivity contribution is 0.0208. The smallest absolute Gasteiger partial charge is 0.272 e. The van der Waals surface area contributed by atoms with E-state index in [2.05, 4.69) is 11.5 Å². The average Bonchev–Trinajstić information content (AvgIpc) is 1.58. The highest BCUT2D eigenvalue weighted by Crippen LogP contribution is 2.06. The zero-order valence-corrected chi connectivity index (χ0v) is 5.86. The molecular formula is C3H10Cl2F2N2. The van der Waals surface area contributed by atoms with Gasteiger partial charge in [0, 0.05) is 5.48 Å². The quantitative estimate of drug-likeness (QED) is 0.656. The first-order valence-electron chi connectivity index (χ1n) is 3.46. The second-order valence-corrected chi connectivity index (χ2v) is 0.863. The SMILES string of the molecule is Cl.Cl.[2H]C([2H])(N)C(F)(F)C([2H])([2H])N. The van der Waals surface area contributed by atoms with Crippen LogP contribution in [-0.2, 0) is 0 Å². The Morgan fingerprint density at radius 3 is 1.44 bits per heavy atom. The molecule has 0 aliphatic carbocycles. The van der Waals surface area contributed by atoms with Gasteiger partial charge in [-0.05, 0) is 0 Å². The van der Waals surface area contributed by atoms with E-state index < -0.39 is 18.9 Å². The standard InChI is InChI=1S/C3H8F2N2.2ClH/c4-3(5,1-6)2-7;;/h1-2,6-7H2;2*1H/i1D2,2D2;;. The van der Waals surface area contributed by atoms with Gasteiger partial charge in [-0.3, -0.25) is 0 Å². The van der Waals surface area contributed by atoms with Crippen molar-refractivity contribution in [2.45, 2.75) is 5.92 Å². The molecule has 0 radical (unpaired) electrons. The maximum atomic E-state index is 12.4. The molecule has 6 heteroatoms. The Morgan fingerprint density at radius 2 is 1.44 bits per heavy atom. The Labute approximate surface area is 70.4 Å². The molecule has 0 aliphatic heterocycles. The van der Waals surface area contributed by atoms with Crippen LogP contribution in [0.5, 0.6) is 0 Å². The molecule has 0 bridgehead atoms. The molecule has 0 spiro atoms. The van der Waals surface area contributed by atoms with Gasteiger partial charge in [0.05, 0.1) is 13.0 Å². The van der Waals surface area contributed by atoms with Gasteiger partial charge in [0.15, 0.2) is 0 Å². The maximum absolute atomic E-state index is 12.4. The number of rotatable bonds is 2. The summed E-state index contributed by atoms with van der Waals surface area (Å²) in [4.78, 5) is 0. The predicted octanol–water partition coefficient (Wildman–Crippen LogP) is 0.383. The van der Waals surface area contributed by atoms with E-state index in [1.165, 1.54) is 0 Å². The molecule has 0 aromatic heterocycles. The van der Waals surface area contributed by atoms with Crippen LogP contribution >= 0.6 is 24.8 Å². The topological polar surface area (TPSA) is 52.0 Å². The zero-order chi connectivity index (χ0) is 9.50. The fraction of sp³-hybridized carbons (Fsp3) is 1.00. The van der Waals surface area contributed by atoms with E-state index in [1.54, 1.807) is 0 Å². The largest absolute Gasteiger partial charge is 0.325 e. The minimum absolute atomic E-state index is 0. The van der Waals surface area contributed by atoms with Gasteiger partial charge in [-0.1, -0.05) is 0 Å². The van der Waals surface area contributed by atoms with E-state index in [0.717, 1.165) is 0 Å². The minimum Gasteiger partial charge on any atom is -0.325 e. The number of halogens is 4. The summed E-state index contributed by atoms with van der Waals surface area (Å²) in [6.07, 6.45) is 0. The summed E-state index contributed by atoms with van der Waals surface area (Å²) in [5.41, 5.74) is 8.73. The van der Waals surface area contributed by atoms with Crippen LogP contribution in [0.2, 0.25) is 0 Å². The van der Waals surface area contributed by atoms with Gasteiger partial charge in [-0.25, -0.2) is 8.78 Å². The third kappa shape index (κ3) is 8.36. The van der Waals surface area contributed by atoms with Gasteiger partial charge >= 0.3 is 0 Å². The molecule has 9 heavy (non-hydrogen) atoms. The Bertz CT molecular complexity index is 140. The highest BCUT2D eigenvalue weighted by atomic mass is 35.5. The molecule has 0 aromatic carbocycles. The van der Waals surface area contributed by atoms with Gasteiger partial charge in [0.2, 0.25) is 0 Å². The average molecular weight is 187 g/mol. The Hall–Kier alpha value is 0.360. The van der Waals surface area contributed by atoms with Crippen LogP contribution < -0.4 is 11.5 Å². The highest BCUT2D eigenvalue weighted by molar-refractivity contribution is 5.85. The van der Waals surface area contributed by atoms with Gasteiger partial charge in [0.1, 0.15) is 0 Å². The van der Waals surface area contributed by atoms with E-state index in [0.29, 0.717) is 0 Å². The second-order valence-electron chi connectivity index (χ2n) is 0.863. The van der Waals surface area contributed by atoms with Crippen LogP contribution in [0, 0.1) is 0 Å². The number of alkyl halides is 2. The first kappa shape index (κ1) is 6.09. The predicted molar refractivity (Wildman–Crippen MR) is 37.6 cm³/mol. The Kier molecular flexibility index (Phi) is 4.39. The molecule has 0 amide bonds. The lowest BCUT2D eigenvalue weighted by Gasteiger charge is -2.07. The third-order valence-electron chi connectivity index (χ3n) is 0.363. The lowest BCUT2D eigenvalue weighted by atomic mass is 10.3. The Balaban J connectivity index is -0.000000500. The first-order chi connectivity index (χ1) is 4.50. The molecule has 0 atom stereocenters. The molecule has 60 valence electrons. The zero-order valence-electron chi connectivity index (χ0n) is 8.23. The number of hydrogen-bond acceptors (Lipinski definition) is 2. The minimum atomic E-state index is -4.40. The summed E-state index contributed by atoms with van der Waals surface area (Å²) < 4.78 is 50.3. The molecule has 0 saturated carbocycles. The summed E-state index contributed by atoms with van der Waals surface area (Å²) in [7, 11) is 0. The van der Waals surface area contributed by atoms with E-state index >= 15 is 0 Å². The first-order valence-corrected chi connectivity index (χ1v) is 1.46. The normalized spacial score (nSPS) is 19.1. The van der Waals surface area contributed by atoms with Gasteiger partial charge in [0.25, 0.3) is 5.92 Å². The van der Waals surface area contributed by atoms with Crippen molar-refractivity contribution in [1.82, 2.24) is 0 Å². The number of hydrogen-bond donors (Lipinski definition) is 2. The maximum Gasteiger partial charge on any atom is 0.272 e. The van der Waals surface area contributed by atoms with Crippen LogP contribution in [0.3, 0.4) is 0 Å². The lowest BCUT2D eigenvalue weighted by Crippen LogP contribution is -2.35. The molecule has 0 rings (SSSR count). The Morgan fingerprint density at radius 1 is 1.22 bits per heavy atom. The van der Waals surface area contributed by atoms with Gasteiger partial charge < -0.3 is 11.5 Å². The molecule has 0 fully saturated rings. The van der Waals surface area contributed by atoms with Gasteiger partial charge in [-0.15, -0.1) is 24.8 Å². The fourth-order valence-corrected chi connectivity index (χ4v) is 0.0417. The number of nitrogens with two attached hydrogens (primary N) is 2. The second kappa shape index (κ2) is 6.48. The molecular weight excluding hydrogens is 173 g/mol. The summed E-state index contributed by atoms with van der Waals surface area (Å²) >= 11 is 0. The van der Waals surface area contributed by atoms with Crippen molar-refractivity contribution in [3.8, 4) is 0 Å². The highest BCUT2D eigenvalue weighted by Gasteiger charge is 2.23.